The third-order valence-electron chi connectivity index (χ3n) is 2.87. The number of carbonyl (C=O) groups excluding carboxylic acids is 3. The van der Waals surface area contributed by atoms with E-state index in [1.165, 1.54) is 0 Å². The van der Waals surface area contributed by atoms with Gasteiger partial charge in [0.25, 0.3) is 11.8 Å². The first-order valence-electron chi connectivity index (χ1n) is 4.80. The van der Waals surface area contributed by atoms with Crippen molar-refractivity contribution >= 4 is 35.1 Å². The zero-order valence-corrected chi connectivity index (χ0v) is 9.09. The minimum atomic E-state index is -1.68. The molecule has 0 aromatic heterocycles. The van der Waals surface area contributed by atoms with Gasteiger partial charge in [-0.15, -0.1) is 0 Å². The number of amides is 4. The number of halogens is 1. The molecule has 0 radical (unpaired) electrons. The van der Waals surface area contributed by atoms with Gasteiger partial charge >= 0.3 is 6.03 Å². The lowest BCUT2D eigenvalue weighted by Crippen LogP contribution is -2.49. The molecule has 1 fully saturated rings. The maximum atomic E-state index is 11.9. The second kappa shape index (κ2) is 2.98. The first kappa shape index (κ1) is 10.1. The number of urea groups is 1. The summed E-state index contributed by atoms with van der Waals surface area (Å²) in [7, 11) is 0. The molecule has 1 unspecified atom stereocenters. The summed E-state index contributed by atoms with van der Waals surface area (Å²) in [5, 5.41) is 7.21. The fourth-order valence-corrected chi connectivity index (χ4v) is 2.32. The Morgan fingerprint density at radius 3 is 2.41 bits per heavy atom. The van der Waals surface area contributed by atoms with Crippen LogP contribution in [0.1, 0.15) is 5.56 Å². The Kier molecular flexibility index (Phi) is 1.77. The van der Waals surface area contributed by atoms with Crippen LogP contribution in [0.3, 0.4) is 0 Å². The molecular weight excluding hydrogens is 246 g/mol. The summed E-state index contributed by atoms with van der Waals surface area (Å²) in [4.78, 5) is 34.9. The van der Waals surface area contributed by atoms with Crippen molar-refractivity contribution in [2.75, 3.05) is 5.32 Å². The monoisotopic (exact) mass is 251 g/mol. The summed E-state index contributed by atoms with van der Waals surface area (Å²) in [6.45, 7) is 0. The maximum absolute atomic E-state index is 11.9. The highest BCUT2D eigenvalue weighted by atomic mass is 35.5. The number of fused-ring (bicyclic) bond motifs is 2. The van der Waals surface area contributed by atoms with Crippen molar-refractivity contribution in [2.24, 2.45) is 0 Å². The van der Waals surface area contributed by atoms with E-state index in [9.17, 15) is 14.4 Å². The molecule has 17 heavy (non-hydrogen) atoms. The van der Waals surface area contributed by atoms with Crippen molar-refractivity contribution in [1.29, 1.82) is 0 Å². The molecule has 2 heterocycles. The Balaban J connectivity index is 2.28. The fourth-order valence-electron chi connectivity index (χ4n) is 2.10. The third kappa shape index (κ3) is 1.07. The van der Waals surface area contributed by atoms with E-state index in [4.69, 9.17) is 11.6 Å². The molecule has 4 amide bonds. The molecule has 1 aromatic carbocycles. The van der Waals surface area contributed by atoms with Gasteiger partial charge in [0, 0.05) is 5.56 Å². The summed E-state index contributed by atoms with van der Waals surface area (Å²) in [5.41, 5.74) is -0.966. The topological polar surface area (TPSA) is 87.3 Å². The van der Waals surface area contributed by atoms with E-state index in [0.29, 0.717) is 16.3 Å². The maximum Gasteiger partial charge on any atom is 0.323 e. The predicted octanol–water partition coefficient (Wildman–Crippen LogP) is 0.327. The number of carbonyl (C=O) groups is 3. The summed E-state index contributed by atoms with van der Waals surface area (Å²) >= 11 is 5.92. The van der Waals surface area contributed by atoms with E-state index >= 15 is 0 Å². The molecule has 7 heteroatoms. The number of anilines is 1. The van der Waals surface area contributed by atoms with Crippen LogP contribution in [0.15, 0.2) is 18.2 Å². The molecule has 2 aliphatic heterocycles. The Hall–Kier alpha value is -2.08. The van der Waals surface area contributed by atoms with Gasteiger partial charge in [-0.05, 0) is 6.07 Å². The molecule has 1 atom stereocenters. The van der Waals surface area contributed by atoms with E-state index in [1.54, 1.807) is 18.2 Å². The van der Waals surface area contributed by atoms with Gasteiger partial charge in [-0.1, -0.05) is 23.7 Å². The highest BCUT2D eigenvalue weighted by Gasteiger charge is 2.58. The standard InChI is InChI=1S/C10H6ClN3O3/c11-5-3-1-2-4-6(5)12-7(15)10(4)8(16)13-9(17)14-10/h1-3H,(H,12,15)(H2,13,14,16,17). The average Bonchev–Trinajstić information content (AvgIpc) is 2.71. The van der Waals surface area contributed by atoms with E-state index in [-0.39, 0.29) is 0 Å². The van der Waals surface area contributed by atoms with Crippen LogP contribution < -0.4 is 16.0 Å². The van der Waals surface area contributed by atoms with Crippen molar-refractivity contribution in [3.8, 4) is 0 Å². The van der Waals surface area contributed by atoms with Crippen molar-refractivity contribution in [3.05, 3.63) is 28.8 Å². The molecule has 0 aliphatic carbocycles. The van der Waals surface area contributed by atoms with Crippen molar-refractivity contribution in [3.63, 3.8) is 0 Å². The summed E-state index contributed by atoms with van der Waals surface area (Å²) in [5.74, 6) is -1.30. The molecule has 0 bridgehead atoms. The molecule has 6 nitrogen and oxygen atoms in total. The van der Waals surface area contributed by atoms with E-state index < -0.39 is 23.4 Å². The van der Waals surface area contributed by atoms with Crippen LogP contribution in [-0.4, -0.2) is 17.8 Å². The van der Waals surface area contributed by atoms with Crippen LogP contribution in [0.25, 0.3) is 0 Å². The lowest BCUT2D eigenvalue weighted by Gasteiger charge is -2.17. The van der Waals surface area contributed by atoms with Crippen molar-refractivity contribution in [1.82, 2.24) is 10.6 Å². The zero-order chi connectivity index (χ0) is 12.2. The number of imide groups is 1. The Labute approximate surface area is 100 Å². The number of para-hydroxylation sites is 1. The van der Waals surface area contributed by atoms with E-state index in [0.717, 1.165) is 0 Å². The van der Waals surface area contributed by atoms with Crippen LogP contribution in [0, 0.1) is 0 Å². The third-order valence-corrected chi connectivity index (χ3v) is 3.18. The van der Waals surface area contributed by atoms with Crippen molar-refractivity contribution < 1.29 is 14.4 Å². The normalized spacial score (nSPS) is 25.6. The first-order valence-corrected chi connectivity index (χ1v) is 5.17. The van der Waals surface area contributed by atoms with Crippen LogP contribution in [0.4, 0.5) is 10.5 Å². The first-order chi connectivity index (χ1) is 8.05. The van der Waals surface area contributed by atoms with Crippen molar-refractivity contribution in [2.45, 2.75) is 5.54 Å². The van der Waals surface area contributed by atoms with E-state index in [1.807, 2.05) is 5.32 Å². The number of hydrogen-bond donors (Lipinski definition) is 3. The molecular formula is C10H6ClN3O3. The Morgan fingerprint density at radius 2 is 1.76 bits per heavy atom. The molecule has 1 spiro atoms. The fraction of sp³-hybridized carbons (Fsp3) is 0.100. The van der Waals surface area contributed by atoms with Crippen LogP contribution in [0.5, 0.6) is 0 Å². The van der Waals surface area contributed by atoms with Gasteiger partial charge in [-0.25, -0.2) is 4.79 Å². The van der Waals surface area contributed by atoms with Gasteiger partial charge in [0.05, 0.1) is 10.7 Å². The SMILES string of the molecule is O=C1NC(=O)C2(N1)C(=O)Nc1c(Cl)cccc12. The van der Waals surface area contributed by atoms with Gasteiger partial charge in [-0.2, -0.15) is 0 Å². The lowest BCUT2D eigenvalue weighted by molar-refractivity contribution is -0.132. The summed E-state index contributed by atoms with van der Waals surface area (Å²) in [6.07, 6.45) is 0. The number of benzene rings is 1. The lowest BCUT2D eigenvalue weighted by atomic mass is 9.92. The summed E-state index contributed by atoms with van der Waals surface area (Å²) < 4.78 is 0. The van der Waals surface area contributed by atoms with Gasteiger partial charge in [0.15, 0.2) is 0 Å². The minimum absolute atomic E-state index is 0.321. The van der Waals surface area contributed by atoms with Gasteiger partial charge < -0.3 is 10.6 Å². The molecule has 2 aliphatic rings. The molecule has 3 rings (SSSR count). The highest BCUT2D eigenvalue weighted by molar-refractivity contribution is 6.36. The molecule has 1 saturated heterocycles. The minimum Gasteiger partial charge on any atom is -0.322 e. The predicted molar refractivity (Wildman–Crippen MR) is 58.4 cm³/mol. The number of hydrogen-bond acceptors (Lipinski definition) is 3. The summed E-state index contributed by atoms with van der Waals surface area (Å²) in [6, 6.07) is 4.08. The molecule has 86 valence electrons. The quantitative estimate of drug-likeness (QED) is 0.459. The number of rotatable bonds is 0. The molecule has 0 saturated carbocycles. The van der Waals surface area contributed by atoms with Gasteiger partial charge in [0.2, 0.25) is 5.54 Å². The van der Waals surface area contributed by atoms with Gasteiger partial charge in [0.1, 0.15) is 0 Å². The second-order valence-electron chi connectivity index (χ2n) is 3.77. The van der Waals surface area contributed by atoms with Gasteiger partial charge in [-0.3, -0.25) is 14.9 Å². The number of nitrogens with one attached hydrogen (secondary N) is 3. The average molecular weight is 252 g/mol. The highest BCUT2D eigenvalue weighted by Crippen LogP contribution is 2.41. The Bertz CT molecular complexity index is 586. The van der Waals surface area contributed by atoms with E-state index in [2.05, 4.69) is 10.6 Å². The van der Waals surface area contributed by atoms with Crippen LogP contribution in [-0.2, 0) is 15.1 Å². The van der Waals surface area contributed by atoms with Crippen LogP contribution in [0.2, 0.25) is 5.02 Å². The zero-order valence-electron chi connectivity index (χ0n) is 8.33. The van der Waals surface area contributed by atoms with Crippen LogP contribution >= 0.6 is 11.6 Å². The molecule has 1 aromatic rings. The largest absolute Gasteiger partial charge is 0.323 e. The molecule has 3 N–H and O–H groups in total. The Morgan fingerprint density at radius 1 is 1.06 bits per heavy atom. The second-order valence-corrected chi connectivity index (χ2v) is 4.18. The smallest absolute Gasteiger partial charge is 0.322 e.